The van der Waals surface area contributed by atoms with E-state index >= 15 is 0 Å². The first-order valence-corrected chi connectivity index (χ1v) is 51.4. The Bertz CT molecular complexity index is 2810. The van der Waals surface area contributed by atoms with E-state index in [1.807, 2.05) is 194 Å². The Morgan fingerprint density at radius 1 is 0.181 bits per heavy atom. The second-order valence-electron chi connectivity index (χ2n) is 30.3. The van der Waals surface area contributed by atoms with Crippen molar-refractivity contribution in [3.8, 4) is 0 Å². The van der Waals surface area contributed by atoms with Crippen molar-refractivity contribution < 1.29 is 0 Å². The summed E-state index contributed by atoms with van der Waals surface area (Å²) >= 11 is 0. The van der Waals surface area contributed by atoms with E-state index in [-0.39, 0.29) is 0 Å². The fraction of sp³-hybridized carbons (Fsp3) is 0.690. The lowest BCUT2D eigenvalue weighted by molar-refractivity contribution is -0.139. The van der Waals surface area contributed by atoms with Crippen LogP contribution in [0.15, 0.2) is 121 Å². The van der Waals surface area contributed by atoms with Gasteiger partial charge in [-0.25, -0.2) is 0 Å². The maximum Gasteiger partial charge on any atom is -0.0151 e. The molecule has 6 aromatic rings. The summed E-state index contributed by atoms with van der Waals surface area (Å²) in [6, 6.07) is 47.9. The van der Waals surface area contributed by atoms with Crippen molar-refractivity contribution in [2.45, 2.75) is 468 Å². The summed E-state index contributed by atoms with van der Waals surface area (Å²) in [5, 5.41) is 0. The standard InChI is InChI=1S/2C44H60.14C2H6/c2*1-8-31-17-13-14-22-41(31)36-25-39-27-37(42-32(9-2)18-15-19-33(42)10-3)23-29(6)44(39)30(7)24-38(28-40(44)26-36)43-34(11-4)20-16-21-35(43)12-5;14*1-2/h2*13-22,29-30,36-40H,8-12,23-28H2,1-7H3;14*1-2H3/t2*29-,30+,36?,37+,38-,39+,40-,44?;;;;;;;;;;;;;;. The SMILES string of the molecule is CC.CC.CC.CC.CC.CC.CC.CC.CC.CC.CC.CC.CC.CC.CCc1ccccc1C1C[C@@H]2C[C@H](c3c(CC)cccc3CC)C[C@H](C)C23[C@@H](C1)C[C@@H](c1c(CC)cccc1CC)C[C@H]3C.CCc1ccccc1C1C[C@@H]2C[C@H](c3c(CC)cccc3CC)C[C@H](C)C23[C@@H](C1)C[C@@H](c1c(CC)cccc1CC)C[C@H]3C. The molecule has 16 atom stereocenters. The van der Waals surface area contributed by atoms with E-state index in [1.165, 1.54) is 77.0 Å². The van der Waals surface area contributed by atoms with Crippen LogP contribution in [0.5, 0.6) is 0 Å². The van der Waals surface area contributed by atoms with Gasteiger partial charge in [-0.05, 0) is 324 Å². The van der Waals surface area contributed by atoms with Crippen LogP contribution < -0.4 is 0 Å². The van der Waals surface area contributed by atoms with Crippen LogP contribution in [-0.4, -0.2) is 0 Å². The van der Waals surface area contributed by atoms with Crippen LogP contribution in [0.1, 0.15) is 492 Å². The molecule has 6 aromatic carbocycles. The summed E-state index contributed by atoms with van der Waals surface area (Å²) in [6.45, 7) is 90.6. The molecule has 0 heteroatoms. The van der Waals surface area contributed by atoms with Crippen LogP contribution in [0.4, 0.5) is 0 Å². The Morgan fingerprint density at radius 2 is 0.319 bits per heavy atom. The molecule has 116 heavy (non-hydrogen) atoms. The van der Waals surface area contributed by atoms with Gasteiger partial charge >= 0.3 is 0 Å². The van der Waals surface area contributed by atoms with Crippen LogP contribution in [0.25, 0.3) is 0 Å². The molecule has 2 spiro atoms. The van der Waals surface area contributed by atoms with Gasteiger partial charge in [0.2, 0.25) is 0 Å². The van der Waals surface area contributed by atoms with Gasteiger partial charge in [-0.15, -0.1) is 0 Å². The van der Waals surface area contributed by atoms with Crippen LogP contribution >= 0.6 is 0 Å². The maximum absolute atomic E-state index is 2.71. The van der Waals surface area contributed by atoms with E-state index in [9.17, 15) is 0 Å². The largest absolute Gasteiger partial charge is 0.0683 e. The predicted molar refractivity (Wildman–Crippen MR) is 539 cm³/mol. The Labute approximate surface area is 731 Å². The number of hydrogen-bond acceptors (Lipinski definition) is 0. The quantitative estimate of drug-likeness (QED) is 0.0906. The highest BCUT2D eigenvalue weighted by Crippen LogP contribution is 2.72. The van der Waals surface area contributed by atoms with Crippen LogP contribution in [0.3, 0.4) is 0 Å². The number of rotatable bonds is 16. The highest BCUT2D eigenvalue weighted by molar-refractivity contribution is 5.45. The molecule has 0 nitrogen and oxygen atoms in total. The van der Waals surface area contributed by atoms with Gasteiger partial charge in [0.1, 0.15) is 0 Å². The van der Waals surface area contributed by atoms with E-state index in [4.69, 9.17) is 0 Å². The van der Waals surface area contributed by atoms with Crippen molar-refractivity contribution in [1.29, 1.82) is 0 Å². The molecule has 12 rings (SSSR count). The van der Waals surface area contributed by atoms with E-state index < -0.39 is 0 Å². The lowest BCUT2D eigenvalue weighted by Gasteiger charge is -2.65. The molecular weight excluding hydrogens is 1390 g/mol. The van der Waals surface area contributed by atoms with Crippen LogP contribution in [0, 0.1) is 58.2 Å². The average Bonchev–Trinajstić information content (AvgIpc) is 0.710. The Hall–Kier alpha value is -4.68. The molecular formula is C116H204. The molecule has 0 saturated heterocycles. The molecule has 0 bridgehead atoms. The minimum atomic E-state index is 0.478. The summed E-state index contributed by atoms with van der Waals surface area (Å²) < 4.78 is 0. The lowest BCUT2D eigenvalue weighted by Crippen LogP contribution is -2.57. The topological polar surface area (TPSA) is 0 Å². The summed E-state index contributed by atoms with van der Waals surface area (Å²) in [5.74, 6) is 10.6. The fourth-order valence-electron chi connectivity index (χ4n) is 23.9. The normalized spacial score (nSPS) is 24.8. The highest BCUT2D eigenvalue weighted by Gasteiger charge is 2.63. The fourth-order valence-corrected chi connectivity index (χ4v) is 23.9. The van der Waals surface area contributed by atoms with E-state index in [1.54, 1.807) is 89.0 Å². The second-order valence-corrected chi connectivity index (χ2v) is 30.3. The molecule has 6 saturated carbocycles. The third-order valence-corrected chi connectivity index (χ3v) is 26.9. The zero-order valence-corrected chi connectivity index (χ0v) is 86.2. The molecule has 0 N–H and O–H groups in total. The zero-order valence-electron chi connectivity index (χ0n) is 86.2. The number of aryl methyl sites for hydroxylation is 10. The molecule has 6 aliphatic rings. The Kier molecular flexibility index (Phi) is 68.9. The van der Waals surface area contributed by atoms with Crippen molar-refractivity contribution in [3.63, 3.8) is 0 Å². The minimum absolute atomic E-state index is 0.478. The van der Waals surface area contributed by atoms with Crippen molar-refractivity contribution in [1.82, 2.24) is 0 Å². The predicted octanol–water partition coefficient (Wildman–Crippen LogP) is 38.4. The lowest BCUT2D eigenvalue weighted by atomic mass is 9.39. The minimum Gasteiger partial charge on any atom is -0.0683 e. The van der Waals surface area contributed by atoms with Gasteiger partial charge in [-0.3, -0.25) is 0 Å². The van der Waals surface area contributed by atoms with E-state index in [2.05, 4.69) is 218 Å². The first kappa shape index (κ1) is 118. The third-order valence-electron chi connectivity index (χ3n) is 26.9. The van der Waals surface area contributed by atoms with Gasteiger partial charge in [-0.2, -0.15) is 0 Å². The summed E-state index contributed by atoms with van der Waals surface area (Å²) in [4.78, 5) is 0. The highest BCUT2D eigenvalue weighted by atomic mass is 14.7. The van der Waals surface area contributed by atoms with Gasteiger partial charge in [0, 0.05) is 0 Å². The molecule has 0 aromatic heterocycles. The average molecular weight is 1600 g/mol. The van der Waals surface area contributed by atoms with Crippen LogP contribution in [-0.2, 0) is 64.2 Å². The monoisotopic (exact) mass is 1600 g/mol. The Morgan fingerprint density at radius 3 is 0.474 bits per heavy atom. The number of hydrogen-bond donors (Lipinski definition) is 0. The van der Waals surface area contributed by atoms with Gasteiger partial charge in [0.25, 0.3) is 0 Å². The van der Waals surface area contributed by atoms with E-state index in [0.29, 0.717) is 46.3 Å². The first-order chi connectivity index (χ1) is 56.8. The van der Waals surface area contributed by atoms with Gasteiger partial charge in [0.05, 0.1) is 0 Å². The molecule has 0 aliphatic heterocycles. The molecule has 0 radical (unpaired) electrons. The molecule has 0 heterocycles. The third kappa shape index (κ3) is 28.2. The van der Waals surface area contributed by atoms with Gasteiger partial charge < -0.3 is 0 Å². The Balaban J connectivity index is -0.000000831. The van der Waals surface area contributed by atoms with Gasteiger partial charge in [0.15, 0.2) is 0 Å². The first-order valence-electron chi connectivity index (χ1n) is 51.4. The molecule has 668 valence electrons. The van der Waals surface area contributed by atoms with Crippen LogP contribution in [0.2, 0.25) is 0 Å². The smallest absolute Gasteiger partial charge is 0.0151 e. The van der Waals surface area contributed by atoms with E-state index in [0.717, 1.165) is 112 Å². The number of benzene rings is 6. The summed E-state index contributed by atoms with van der Waals surface area (Å²) in [7, 11) is 0. The molecule has 0 amide bonds. The molecule has 6 fully saturated rings. The zero-order chi connectivity index (χ0) is 90.0. The molecule has 6 aliphatic carbocycles. The van der Waals surface area contributed by atoms with Crippen molar-refractivity contribution in [2.24, 2.45) is 58.2 Å². The van der Waals surface area contributed by atoms with Crippen molar-refractivity contribution >= 4 is 0 Å². The second kappa shape index (κ2) is 67.9. The summed E-state index contributed by atoms with van der Waals surface area (Å²) in [5.41, 5.74) is 27.5. The van der Waals surface area contributed by atoms with Crippen molar-refractivity contribution in [2.75, 3.05) is 0 Å². The van der Waals surface area contributed by atoms with Crippen molar-refractivity contribution in [3.05, 3.63) is 210 Å². The maximum atomic E-state index is 2.71. The molecule has 4 unspecified atom stereocenters. The van der Waals surface area contributed by atoms with Gasteiger partial charge in [-0.1, -0.05) is 412 Å². The summed E-state index contributed by atoms with van der Waals surface area (Å²) in [6.07, 6.45) is 28.3.